The zero-order valence-electron chi connectivity index (χ0n) is 17.5. The third-order valence-electron chi connectivity index (χ3n) is 5.40. The van der Waals surface area contributed by atoms with Crippen molar-refractivity contribution in [3.63, 3.8) is 0 Å². The lowest BCUT2D eigenvalue weighted by Crippen LogP contribution is -2.39. The average Bonchev–Trinajstić information content (AvgIpc) is 3.40. The summed E-state index contributed by atoms with van der Waals surface area (Å²) in [5.74, 6) is -0.253. The third-order valence-corrected chi connectivity index (χ3v) is 6.42. The molecule has 1 aliphatic heterocycles. The van der Waals surface area contributed by atoms with E-state index in [4.69, 9.17) is 14.5 Å². The van der Waals surface area contributed by atoms with Crippen LogP contribution in [0.3, 0.4) is 0 Å². The van der Waals surface area contributed by atoms with Gasteiger partial charge >= 0.3 is 0 Å². The van der Waals surface area contributed by atoms with Gasteiger partial charge in [0.15, 0.2) is 4.96 Å². The number of nitrogens with one attached hydrogen (secondary N) is 2. The minimum Gasteiger partial charge on any atom is -0.376 e. The molecule has 1 saturated heterocycles. The van der Waals surface area contributed by atoms with Crippen molar-refractivity contribution in [2.75, 3.05) is 33.4 Å². The van der Waals surface area contributed by atoms with Crippen molar-refractivity contribution in [3.8, 4) is 11.3 Å². The molecule has 32 heavy (non-hydrogen) atoms. The standard InChI is InChI=1S/C23H22N4O4S/c1-24-21(28)15-4-2-14(3-5-15)18-12-27-19-7-6-16(10-20(19)32-23(27)26-18)22(29)25-11-17-13-30-8-9-31-17/h2-7,10,12,17H,8-9,11,13H2,1H3,(H,24,28)(H,25,29). The van der Waals surface area contributed by atoms with Crippen molar-refractivity contribution in [1.82, 2.24) is 20.0 Å². The molecule has 8 nitrogen and oxygen atoms in total. The zero-order chi connectivity index (χ0) is 22.1. The van der Waals surface area contributed by atoms with E-state index in [-0.39, 0.29) is 17.9 Å². The van der Waals surface area contributed by atoms with Crippen LogP contribution in [0.4, 0.5) is 0 Å². The van der Waals surface area contributed by atoms with Gasteiger partial charge in [0.1, 0.15) is 0 Å². The summed E-state index contributed by atoms with van der Waals surface area (Å²) < 4.78 is 13.9. The number of imidazole rings is 1. The summed E-state index contributed by atoms with van der Waals surface area (Å²) in [4.78, 5) is 29.9. The molecule has 2 amide bonds. The van der Waals surface area contributed by atoms with E-state index in [0.29, 0.717) is 37.5 Å². The summed E-state index contributed by atoms with van der Waals surface area (Å²) in [5.41, 5.74) is 3.97. The summed E-state index contributed by atoms with van der Waals surface area (Å²) in [6.07, 6.45) is 1.87. The molecule has 0 saturated carbocycles. The Morgan fingerprint density at radius 1 is 1.12 bits per heavy atom. The number of rotatable bonds is 5. The number of fused-ring (bicyclic) bond motifs is 3. The topological polar surface area (TPSA) is 94.0 Å². The minimum atomic E-state index is -0.135. The number of thiazole rings is 1. The molecule has 0 bridgehead atoms. The Balaban J connectivity index is 1.35. The second-order valence-corrected chi connectivity index (χ2v) is 8.51. The first-order valence-electron chi connectivity index (χ1n) is 10.3. The molecule has 1 unspecified atom stereocenters. The van der Waals surface area contributed by atoms with Gasteiger partial charge in [-0.2, -0.15) is 0 Å². The minimum absolute atomic E-state index is 0.106. The highest BCUT2D eigenvalue weighted by molar-refractivity contribution is 7.23. The molecule has 1 aliphatic rings. The van der Waals surface area contributed by atoms with E-state index in [1.807, 2.05) is 40.9 Å². The molecular formula is C23H22N4O4S. The Bertz CT molecular complexity index is 1290. The summed E-state index contributed by atoms with van der Waals surface area (Å²) in [5, 5.41) is 5.54. The van der Waals surface area contributed by atoms with Gasteiger partial charge in [-0.15, -0.1) is 0 Å². The van der Waals surface area contributed by atoms with Crippen LogP contribution < -0.4 is 10.6 Å². The molecule has 5 rings (SSSR count). The number of ether oxygens (including phenoxy) is 2. The molecule has 2 aromatic heterocycles. The van der Waals surface area contributed by atoms with E-state index in [0.717, 1.165) is 26.4 Å². The van der Waals surface area contributed by atoms with Gasteiger partial charge in [-0.3, -0.25) is 14.0 Å². The summed E-state index contributed by atoms with van der Waals surface area (Å²) >= 11 is 1.53. The lowest BCUT2D eigenvalue weighted by atomic mass is 10.1. The number of nitrogens with zero attached hydrogens (tertiary/aromatic N) is 2. The van der Waals surface area contributed by atoms with E-state index < -0.39 is 0 Å². The van der Waals surface area contributed by atoms with E-state index in [2.05, 4.69) is 10.6 Å². The fourth-order valence-electron chi connectivity index (χ4n) is 3.68. The monoisotopic (exact) mass is 450 g/mol. The molecule has 2 N–H and O–H groups in total. The van der Waals surface area contributed by atoms with Crippen LogP contribution in [0.5, 0.6) is 0 Å². The van der Waals surface area contributed by atoms with E-state index in [9.17, 15) is 9.59 Å². The fourth-order valence-corrected chi connectivity index (χ4v) is 4.73. The van der Waals surface area contributed by atoms with Gasteiger partial charge in [0.2, 0.25) is 0 Å². The normalized spacial score (nSPS) is 16.3. The van der Waals surface area contributed by atoms with Crippen molar-refractivity contribution < 1.29 is 19.1 Å². The number of hydrogen-bond acceptors (Lipinski definition) is 6. The second kappa shape index (κ2) is 8.70. The predicted octanol–water partition coefficient (Wildman–Crippen LogP) is 2.72. The zero-order valence-corrected chi connectivity index (χ0v) is 18.3. The smallest absolute Gasteiger partial charge is 0.251 e. The number of hydrogen-bond donors (Lipinski definition) is 2. The quantitative estimate of drug-likeness (QED) is 0.488. The number of carbonyl (C=O) groups is 2. The van der Waals surface area contributed by atoms with Crippen LogP contribution in [0.2, 0.25) is 0 Å². The molecule has 4 aromatic rings. The molecule has 0 radical (unpaired) electrons. The van der Waals surface area contributed by atoms with Crippen molar-refractivity contribution in [2.45, 2.75) is 6.10 Å². The second-order valence-electron chi connectivity index (χ2n) is 7.50. The lowest BCUT2D eigenvalue weighted by molar-refractivity contribution is -0.0855. The molecular weight excluding hydrogens is 428 g/mol. The first kappa shape index (κ1) is 20.6. The maximum atomic E-state index is 12.6. The van der Waals surface area contributed by atoms with Gasteiger partial charge < -0.3 is 20.1 Å². The first-order valence-corrected chi connectivity index (χ1v) is 11.2. The van der Waals surface area contributed by atoms with Crippen LogP contribution in [-0.4, -0.2) is 60.7 Å². The summed E-state index contributed by atoms with van der Waals surface area (Å²) in [6.45, 7) is 2.08. The van der Waals surface area contributed by atoms with E-state index in [1.165, 1.54) is 11.3 Å². The SMILES string of the molecule is CNC(=O)c1ccc(-c2cn3c(n2)sc2cc(C(=O)NCC4COCCO4)ccc23)cc1. The van der Waals surface area contributed by atoms with Crippen molar-refractivity contribution >= 4 is 38.3 Å². The first-order chi connectivity index (χ1) is 15.6. The van der Waals surface area contributed by atoms with Crippen LogP contribution in [0, 0.1) is 0 Å². The summed E-state index contributed by atoms with van der Waals surface area (Å²) in [6, 6.07) is 13.0. The average molecular weight is 451 g/mol. The van der Waals surface area contributed by atoms with Crippen LogP contribution in [0.1, 0.15) is 20.7 Å². The summed E-state index contributed by atoms with van der Waals surface area (Å²) in [7, 11) is 1.61. The van der Waals surface area contributed by atoms with Crippen LogP contribution in [0.15, 0.2) is 48.7 Å². The Labute approximate surface area is 188 Å². The molecule has 1 atom stereocenters. The lowest BCUT2D eigenvalue weighted by Gasteiger charge is -2.23. The number of amides is 2. The van der Waals surface area contributed by atoms with Crippen LogP contribution in [-0.2, 0) is 9.47 Å². The Hall–Kier alpha value is -3.27. The molecule has 2 aromatic carbocycles. The molecule has 0 spiro atoms. The third kappa shape index (κ3) is 3.97. The number of aromatic nitrogens is 2. The predicted molar refractivity (Wildman–Crippen MR) is 122 cm³/mol. The van der Waals surface area contributed by atoms with Gasteiger partial charge in [0.05, 0.1) is 41.8 Å². The Morgan fingerprint density at radius 2 is 1.94 bits per heavy atom. The van der Waals surface area contributed by atoms with Gasteiger partial charge in [-0.1, -0.05) is 23.5 Å². The van der Waals surface area contributed by atoms with Gasteiger partial charge in [-0.25, -0.2) is 4.98 Å². The van der Waals surface area contributed by atoms with Gasteiger partial charge in [-0.05, 0) is 30.3 Å². The maximum Gasteiger partial charge on any atom is 0.251 e. The van der Waals surface area contributed by atoms with Crippen LogP contribution >= 0.6 is 11.3 Å². The highest BCUT2D eigenvalue weighted by Crippen LogP contribution is 2.30. The van der Waals surface area contributed by atoms with Crippen molar-refractivity contribution in [1.29, 1.82) is 0 Å². The van der Waals surface area contributed by atoms with Crippen LogP contribution in [0.25, 0.3) is 26.4 Å². The number of carbonyl (C=O) groups excluding carboxylic acids is 2. The molecule has 3 heterocycles. The number of benzene rings is 2. The fraction of sp³-hybridized carbons (Fsp3) is 0.261. The van der Waals surface area contributed by atoms with Crippen molar-refractivity contribution in [3.05, 3.63) is 59.8 Å². The van der Waals surface area contributed by atoms with Crippen molar-refractivity contribution in [2.24, 2.45) is 0 Å². The highest BCUT2D eigenvalue weighted by Gasteiger charge is 2.17. The van der Waals surface area contributed by atoms with E-state index >= 15 is 0 Å². The molecule has 164 valence electrons. The molecule has 9 heteroatoms. The molecule has 1 fully saturated rings. The maximum absolute atomic E-state index is 12.6. The highest BCUT2D eigenvalue weighted by atomic mass is 32.1. The molecule has 0 aliphatic carbocycles. The largest absolute Gasteiger partial charge is 0.376 e. The van der Waals surface area contributed by atoms with Gasteiger partial charge in [0, 0.05) is 36.5 Å². The van der Waals surface area contributed by atoms with Gasteiger partial charge in [0.25, 0.3) is 11.8 Å². The van der Waals surface area contributed by atoms with E-state index in [1.54, 1.807) is 19.2 Å². The Morgan fingerprint density at radius 3 is 2.69 bits per heavy atom. The Kier molecular flexibility index (Phi) is 5.60.